The lowest BCUT2D eigenvalue weighted by Crippen LogP contribution is -2.44. The first-order chi connectivity index (χ1) is 12.7. The molecule has 4 nitrogen and oxygen atoms in total. The summed E-state index contributed by atoms with van der Waals surface area (Å²) >= 11 is 0. The molecule has 1 aromatic carbocycles. The van der Waals surface area contributed by atoms with Crippen LogP contribution in [0.15, 0.2) is 24.3 Å². The van der Waals surface area contributed by atoms with Gasteiger partial charge < -0.3 is 14.2 Å². The van der Waals surface area contributed by atoms with Crippen LogP contribution in [0.3, 0.4) is 0 Å². The van der Waals surface area contributed by atoms with Crippen LogP contribution >= 0.6 is 0 Å². The molecule has 3 aliphatic heterocycles. The second kappa shape index (κ2) is 8.39. The van der Waals surface area contributed by atoms with Crippen molar-refractivity contribution in [3.8, 4) is 0 Å². The van der Waals surface area contributed by atoms with Gasteiger partial charge in [-0.2, -0.15) is 0 Å². The Kier molecular flexibility index (Phi) is 5.94. The van der Waals surface area contributed by atoms with Crippen molar-refractivity contribution in [3.05, 3.63) is 35.4 Å². The van der Waals surface area contributed by atoms with Crippen molar-refractivity contribution in [1.82, 2.24) is 4.90 Å². The minimum absolute atomic E-state index is 0.0735. The van der Waals surface area contributed by atoms with Crippen LogP contribution < -0.4 is 0 Å². The summed E-state index contributed by atoms with van der Waals surface area (Å²) < 4.78 is 17.9. The number of benzene rings is 1. The lowest BCUT2D eigenvalue weighted by molar-refractivity contribution is -0.0479. The Labute approximate surface area is 157 Å². The van der Waals surface area contributed by atoms with E-state index >= 15 is 0 Å². The fraction of sp³-hybridized carbons (Fsp3) is 0.727. The average molecular weight is 360 g/mol. The molecule has 3 fully saturated rings. The van der Waals surface area contributed by atoms with Crippen LogP contribution in [0.5, 0.6) is 0 Å². The van der Waals surface area contributed by atoms with E-state index in [1.54, 1.807) is 0 Å². The first-order valence-electron chi connectivity index (χ1n) is 10.3. The molecule has 4 rings (SSSR count). The molecule has 26 heavy (non-hydrogen) atoms. The molecule has 4 heteroatoms. The summed E-state index contributed by atoms with van der Waals surface area (Å²) in [5.41, 5.74) is 2.82. The van der Waals surface area contributed by atoms with Crippen LogP contribution in [0, 0.1) is 12.8 Å². The Morgan fingerprint density at radius 3 is 2.58 bits per heavy atom. The summed E-state index contributed by atoms with van der Waals surface area (Å²) in [5, 5.41) is 0. The van der Waals surface area contributed by atoms with E-state index < -0.39 is 0 Å². The Hall–Kier alpha value is -0.940. The van der Waals surface area contributed by atoms with Gasteiger partial charge in [-0.1, -0.05) is 29.8 Å². The van der Waals surface area contributed by atoms with Gasteiger partial charge in [-0.15, -0.1) is 0 Å². The van der Waals surface area contributed by atoms with E-state index in [0.717, 1.165) is 78.2 Å². The fourth-order valence-corrected chi connectivity index (χ4v) is 4.51. The van der Waals surface area contributed by atoms with Crippen molar-refractivity contribution >= 4 is 0 Å². The molecule has 3 heterocycles. The third kappa shape index (κ3) is 4.66. The quantitative estimate of drug-likeness (QED) is 0.804. The van der Waals surface area contributed by atoms with E-state index in [1.165, 1.54) is 11.1 Å². The highest BCUT2D eigenvalue weighted by molar-refractivity contribution is 5.21. The summed E-state index contributed by atoms with van der Waals surface area (Å²) in [6.45, 7) is 8.91. The van der Waals surface area contributed by atoms with Crippen LogP contribution in [0.1, 0.15) is 43.2 Å². The molecule has 0 bridgehead atoms. The van der Waals surface area contributed by atoms with Gasteiger partial charge in [0.05, 0.1) is 24.9 Å². The number of piperidine rings is 1. The van der Waals surface area contributed by atoms with E-state index in [4.69, 9.17) is 14.2 Å². The van der Waals surface area contributed by atoms with E-state index in [2.05, 4.69) is 36.1 Å². The second-order valence-electron chi connectivity index (χ2n) is 8.47. The monoisotopic (exact) mass is 359 g/mol. The maximum Gasteiger partial charge on any atom is 0.0836 e. The Morgan fingerprint density at radius 1 is 1.12 bits per heavy atom. The maximum atomic E-state index is 6.27. The average Bonchev–Trinajstić information content (AvgIpc) is 3.08. The molecule has 0 aliphatic carbocycles. The highest BCUT2D eigenvalue weighted by Gasteiger charge is 2.43. The van der Waals surface area contributed by atoms with Crippen LogP contribution in [0.2, 0.25) is 0 Å². The highest BCUT2D eigenvalue weighted by Crippen LogP contribution is 2.37. The summed E-state index contributed by atoms with van der Waals surface area (Å²) in [4.78, 5) is 2.56. The highest BCUT2D eigenvalue weighted by atomic mass is 16.6. The van der Waals surface area contributed by atoms with Crippen molar-refractivity contribution in [2.75, 3.05) is 39.5 Å². The Bertz CT molecular complexity index is 559. The molecule has 1 spiro atoms. The zero-order valence-corrected chi connectivity index (χ0v) is 16.1. The standard InChI is InChI=1S/C22H33NO3/c1-18-2-4-19(5-3-18)15-23-10-8-22(9-11-23)14-21(17-26-22)25-16-20-6-12-24-13-7-20/h2-5,20-21H,6-17H2,1H3/t21-/m1/s1. The molecule has 0 N–H and O–H groups in total. The van der Waals surface area contributed by atoms with E-state index in [1.807, 2.05) is 0 Å². The van der Waals surface area contributed by atoms with Gasteiger partial charge in [-0.25, -0.2) is 0 Å². The maximum absolute atomic E-state index is 6.27. The second-order valence-corrected chi connectivity index (χ2v) is 8.47. The van der Waals surface area contributed by atoms with Crippen molar-refractivity contribution in [3.63, 3.8) is 0 Å². The topological polar surface area (TPSA) is 30.9 Å². The zero-order chi connectivity index (χ0) is 17.8. The molecule has 144 valence electrons. The van der Waals surface area contributed by atoms with Crippen LogP contribution in [-0.2, 0) is 20.8 Å². The number of likely N-dealkylation sites (tertiary alicyclic amines) is 1. The van der Waals surface area contributed by atoms with Crippen LogP contribution in [-0.4, -0.2) is 56.1 Å². The van der Waals surface area contributed by atoms with Crippen molar-refractivity contribution in [2.45, 2.75) is 57.3 Å². The van der Waals surface area contributed by atoms with E-state index in [-0.39, 0.29) is 5.60 Å². The van der Waals surface area contributed by atoms with Crippen molar-refractivity contribution < 1.29 is 14.2 Å². The summed E-state index contributed by atoms with van der Waals surface area (Å²) in [6, 6.07) is 8.93. The van der Waals surface area contributed by atoms with Gasteiger partial charge >= 0.3 is 0 Å². The van der Waals surface area contributed by atoms with E-state index in [0.29, 0.717) is 12.0 Å². The predicted octanol–water partition coefficient (Wildman–Crippen LogP) is 3.56. The molecule has 0 amide bonds. The number of hydrogen-bond acceptors (Lipinski definition) is 4. The SMILES string of the molecule is Cc1ccc(CN2CCC3(CC2)C[C@@H](OCC2CCOCC2)CO3)cc1. The number of ether oxygens (including phenoxy) is 3. The third-order valence-electron chi connectivity index (χ3n) is 6.38. The lowest BCUT2D eigenvalue weighted by atomic mass is 9.87. The largest absolute Gasteiger partial charge is 0.381 e. The molecule has 1 atom stereocenters. The van der Waals surface area contributed by atoms with Gasteiger partial charge in [0.1, 0.15) is 0 Å². The first-order valence-corrected chi connectivity index (χ1v) is 10.3. The van der Waals surface area contributed by atoms with E-state index in [9.17, 15) is 0 Å². The van der Waals surface area contributed by atoms with Gasteiger partial charge in [0.2, 0.25) is 0 Å². The Morgan fingerprint density at radius 2 is 1.85 bits per heavy atom. The number of aryl methyl sites for hydroxylation is 1. The number of rotatable bonds is 5. The summed E-state index contributed by atoms with van der Waals surface area (Å²) in [5.74, 6) is 0.677. The molecule has 0 radical (unpaired) electrons. The minimum Gasteiger partial charge on any atom is -0.381 e. The molecular formula is C22H33NO3. The van der Waals surface area contributed by atoms with Gasteiger partial charge in [0.15, 0.2) is 0 Å². The van der Waals surface area contributed by atoms with Crippen LogP contribution in [0.4, 0.5) is 0 Å². The number of hydrogen-bond donors (Lipinski definition) is 0. The Balaban J connectivity index is 1.20. The van der Waals surface area contributed by atoms with Gasteiger partial charge in [0, 0.05) is 39.3 Å². The molecule has 0 unspecified atom stereocenters. The molecular weight excluding hydrogens is 326 g/mol. The smallest absolute Gasteiger partial charge is 0.0836 e. The van der Waals surface area contributed by atoms with Gasteiger partial charge in [0.25, 0.3) is 0 Å². The molecule has 3 saturated heterocycles. The third-order valence-corrected chi connectivity index (χ3v) is 6.38. The zero-order valence-electron chi connectivity index (χ0n) is 16.1. The molecule has 0 saturated carbocycles. The normalized spacial score (nSPS) is 27.2. The van der Waals surface area contributed by atoms with Crippen LogP contribution in [0.25, 0.3) is 0 Å². The van der Waals surface area contributed by atoms with Gasteiger partial charge in [-0.3, -0.25) is 4.90 Å². The van der Waals surface area contributed by atoms with Crippen molar-refractivity contribution in [2.24, 2.45) is 5.92 Å². The molecule has 1 aromatic rings. The van der Waals surface area contributed by atoms with Gasteiger partial charge in [-0.05, 0) is 44.1 Å². The number of nitrogens with zero attached hydrogens (tertiary/aromatic N) is 1. The molecule has 0 aromatic heterocycles. The first kappa shape index (κ1) is 18.4. The van der Waals surface area contributed by atoms with Crippen molar-refractivity contribution in [1.29, 1.82) is 0 Å². The minimum atomic E-state index is 0.0735. The predicted molar refractivity (Wildman–Crippen MR) is 102 cm³/mol. The lowest BCUT2D eigenvalue weighted by Gasteiger charge is -2.38. The summed E-state index contributed by atoms with van der Waals surface area (Å²) in [6.07, 6.45) is 5.93. The molecule has 3 aliphatic rings. The fourth-order valence-electron chi connectivity index (χ4n) is 4.51. The summed E-state index contributed by atoms with van der Waals surface area (Å²) in [7, 11) is 0.